The Morgan fingerprint density at radius 3 is 2.69 bits per heavy atom. The predicted molar refractivity (Wildman–Crippen MR) is 60.6 cm³/mol. The molecule has 0 fully saturated rings. The van der Waals surface area contributed by atoms with Crippen LogP contribution in [0.1, 0.15) is 54.5 Å². The maximum absolute atomic E-state index is 11.8. The fourth-order valence-corrected chi connectivity index (χ4v) is 2.26. The van der Waals surface area contributed by atoms with Crippen LogP contribution in [0.15, 0.2) is 0 Å². The molecule has 0 saturated heterocycles. The minimum Gasteiger partial charge on any atom is -0.464 e. The van der Waals surface area contributed by atoms with E-state index in [-0.39, 0.29) is 12.0 Å². The Labute approximate surface area is 95.6 Å². The van der Waals surface area contributed by atoms with Gasteiger partial charge in [-0.05, 0) is 39.5 Å². The highest BCUT2D eigenvalue weighted by Crippen LogP contribution is 2.26. The lowest BCUT2D eigenvalue weighted by Gasteiger charge is -2.11. The lowest BCUT2D eigenvalue weighted by Crippen LogP contribution is -2.15. The number of hydrogen-bond acceptors (Lipinski definition) is 3. The molecule has 1 aliphatic rings. The Morgan fingerprint density at radius 2 is 2.06 bits per heavy atom. The van der Waals surface area contributed by atoms with Gasteiger partial charge in [0, 0.05) is 11.6 Å². The molecule has 4 heteroatoms. The molecule has 1 aromatic rings. The first kappa shape index (κ1) is 11.2. The molecule has 4 nitrogen and oxygen atoms in total. The normalized spacial score (nSPS) is 15.0. The number of carbonyl (C=O) groups excluding carboxylic acids is 1. The number of aromatic nitrogens is 2. The average Bonchev–Trinajstić information content (AvgIpc) is 2.67. The largest absolute Gasteiger partial charge is 0.464 e. The van der Waals surface area contributed by atoms with Gasteiger partial charge in [-0.15, -0.1) is 0 Å². The zero-order valence-electron chi connectivity index (χ0n) is 10.1. The van der Waals surface area contributed by atoms with Gasteiger partial charge in [-0.1, -0.05) is 0 Å². The van der Waals surface area contributed by atoms with E-state index in [1.54, 1.807) is 0 Å². The van der Waals surface area contributed by atoms with Gasteiger partial charge in [0.05, 0.1) is 12.8 Å². The van der Waals surface area contributed by atoms with Gasteiger partial charge in [-0.3, -0.25) is 4.68 Å². The van der Waals surface area contributed by atoms with Gasteiger partial charge < -0.3 is 4.74 Å². The summed E-state index contributed by atoms with van der Waals surface area (Å²) in [6, 6.07) is 0.194. The summed E-state index contributed by atoms with van der Waals surface area (Å²) < 4.78 is 6.66. The van der Waals surface area contributed by atoms with E-state index in [9.17, 15) is 4.79 Å². The van der Waals surface area contributed by atoms with Gasteiger partial charge in [-0.25, -0.2) is 4.79 Å². The fraction of sp³-hybridized carbons (Fsp3) is 0.667. The van der Waals surface area contributed by atoms with E-state index in [0.717, 1.165) is 30.5 Å². The van der Waals surface area contributed by atoms with Crippen LogP contribution >= 0.6 is 0 Å². The molecule has 0 aromatic carbocycles. The van der Waals surface area contributed by atoms with E-state index in [4.69, 9.17) is 4.74 Å². The van der Waals surface area contributed by atoms with Crippen molar-refractivity contribution in [3.8, 4) is 0 Å². The van der Waals surface area contributed by atoms with Crippen LogP contribution in [0.4, 0.5) is 0 Å². The van der Waals surface area contributed by atoms with Crippen molar-refractivity contribution in [1.82, 2.24) is 9.78 Å². The van der Waals surface area contributed by atoms with E-state index >= 15 is 0 Å². The Kier molecular flexibility index (Phi) is 2.99. The highest BCUT2D eigenvalue weighted by molar-refractivity contribution is 5.89. The third-order valence-corrected chi connectivity index (χ3v) is 3.05. The zero-order chi connectivity index (χ0) is 11.7. The van der Waals surface area contributed by atoms with E-state index in [1.165, 1.54) is 13.5 Å². The van der Waals surface area contributed by atoms with Gasteiger partial charge in [0.2, 0.25) is 0 Å². The number of carbonyl (C=O) groups is 1. The number of methoxy groups -OCH3 is 1. The predicted octanol–water partition coefficient (Wildman–Crippen LogP) is 2.13. The number of fused-ring (bicyclic) bond motifs is 1. The van der Waals surface area contributed by atoms with Crippen LogP contribution in [0, 0.1) is 0 Å². The molecule has 0 saturated carbocycles. The van der Waals surface area contributed by atoms with Gasteiger partial charge >= 0.3 is 5.97 Å². The minimum absolute atomic E-state index is 0.194. The maximum Gasteiger partial charge on any atom is 0.356 e. The van der Waals surface area contributed by atoms with Crippen LogP contribution < -0.4 is 0 Å². The molecule has 1 aliphatic carbocycles. The van der Waals surface area contributed by atoms with Crippen LogP contribution in [-0.4, -0.2) is 22.9 Å². The second kappa shape index (κ2) is 4.28. The molecule has 0 radical (unpaired) electrons. The molecule has 1 aromatic heterocycles. The third kappa shape index (κ3) is 1.72. The second-order valence-electron chi connectivity index (χ2n) is 4.51. The summed E-state index contributed by atoms with van der Waals surface area (Å²) in [5, 5.41) is 4.54. The number of nitrogens with zero attached hydrogens (tertiary/aromatic N) is 2. The van der Waals surface area contributed by atoms with Gasteiger partial charge in [0.15, 0.2) is 0 Å². The average molecular weight is 222 g/mol. The van der Waals surface area contributed by atoms with Crippen molar-refractivity contribution in [3.63, 3.8) is 0 Å². The number of rotatable bonds is 2. The van der Waals surface area contributed by atoms with Crippen LogP contribution in [0.5, 0.6) is 0 Å². The Morgan fingerprint density at radius 1 is 1.38 bits per heavy atom. The van der Waals surface area contributed by atoms with Gasteiger partial charge in [-0.2, -0.15) is 5.10 Å². The number of ether oxygens (including phenoxy) is 1. The molecule has 16 heavy (non-hydrogen) atoms. The second-order valence-corrected chi connectivity index (χ2v) is 4.51. The molecule has 0 spiro atoms. The smallest absolute Gasteiger partial charge is 0.356 e. The zero-order valence-corrected chi connectivity index (χ0v) is 10.1. The lowest BCUT2D eigenvalue weighted by molar-refractivity contribution is 0.0583. The number of aryl methyl sites for hydroxylation is 1. The Bertz CT molecular complexity index is 407. The molecule has 0 N–H and O–H groups in total. The van der Waals surface area contributed by atoms with E-state index in [2.05, 4.69) is 5.10 Å². The van der Waals surface area contributed by atoms with Crippen LogP contribution in [0.2, 0.25) is 0 Å². The summed E-state index contributed by atoms with van der Waals surface area (Å²) in [5.41, 5.74) is 2.85. The van der Waals surface area contributed by atoms with Crippen molar-refractivity contribution in [3.05, 3.63) is 17.0 Å². The number of hydrogen-bond donors (Lipinski definition) is 0. The van der Waals surface area contributed by atoms with Crippen molar-refractivity contribution in [2.24, 2.45) is 0 Å². The van der Waals surface area contributed by atoms with Crippen LogP contribution in [0.3, 0.4) is 0 Å². The molecule has 0 amide bonds. The summed E-state index contributed by atoms with van der Waals surface area (Å²) in [4.78, 5) is 11.8. The van der Waals surface area contributed by atoms with E-state index < -0.39 is 0 Å². The van der Waals surface area contributed by atoms with Gasteiger partial charge in [0.25, 0.3) is 0 Å². The summed E-state index contributed by atoms with van der Waals surface area (Å²) in [6.45, 7) is 4.07. The molecule has 2 rings (SSSR count). The lowest BCUT2D eigenvalue weighted by atomic mass is 9.96. The standard InChI is InChI=1S/C12H18N2O2/c1-8(2)14-11(12(15)16-3)9-6-4-5-7-10(9)13-14/h8H,4-7H2,1-3H3. The van der Waals surface area contributed by atoms with Crippen molar-refractivity contribution in [2.75, 3.05) is 7.11 Å². The van der Waals surface area contributed by atoms with Crippen molar-refractivity contribution >= 4 is 5.97 Å². The molecular weight excluding hydrogens is 204 g/mol. The van der Waals surface area contributed by atoms with Crippen molar-refractivity contribution < 1.29 is 9.53 Å². The SMILES string of the molecule is COC(=O)c1c2c(nn1C(C)C)CCCC2. The molecule has 88 valence electrons. The van der Waals surface area contributed by atoms with E-state index in [1.807, 2.05) is 18.5 Å². The summed E-state index contributed by atoms with van der Waals surface area (Å²) in [7, 11) is 1.43. The fourth-order valence-electron chi connectivity index (χ4n) is 2.26. The Balaban J connectivity index is 2.52. The van der Waals surface area contributed by atoms with E-state index in [0.29, 0.717) is 5.69 Å². The highest BCUT2D eigenvalue weighted by Gasteiger charge is 2.26. The summed E-state index contributed by atoms with van der Waals surface area (Å²) in [5.74, 6) is -0.260. The first-order valence-corrected chi connectivity index (χ1v) is 5.83. The summed E-state index contributed by atoms with van der Waals surface area (Å²) >= 11 is 0. The quantitative estimate of drug-likeness (QED) is 0.720. The molecule has 0 bridgehead atoms. The number of esters is 1. The first-order valence-electron chi connectivity index (χ1n) is 5.83. The minimum atomic E-state index is -0.260. The molecular formula is C12H18N2O2. The topological polar surface area (TPSA) is 44.1 Å². The molecule has 0 unspecified atom stereocenters. The monoisotopic (exact) mass is 222 g/mol. The maximum atomic E-state index is 11.8. The van der Waals surface area contributed by atoms with Crippen molar-refractivity contribution in [2.45, 2.75) is 45.6 Å². The molecule has 0 aliphatic heterocycles. The van der Waals surface area contributed by atoms with Gasteiger partial charge in [0.1, 0.15) is 5.69 Å². The third-order valence-electron chi connectivity index (χ3n) is 3.05. The van der Waals surface area contributed by atoms with Crippen molar-refractivity contribution in [1.29, 1.82) is 0 Å². The van der Waals surface area contributed by atoms with Crippen LogP contribution in [-0.2, 0) is 17.6 Å². The Hall–Kier alpha value is -1.32. The molecule has 0 atom stereocenters. The molecule has 1 heterocycles. The van der Waals surface area contributed by atoms with Crippen LogP contribution in [0.25, 0.3) is 0 Å². The highest BCUT2D eigenvalue weighted by atomic mass is 16.5. The first-order chi connectivity index (χ1) is 7.65. The summed E-state index contributed by atoms with van der Waals surface area (Å²) in [6.07, 6.45) is 4.25.